The molecule has 14 heavy (non-hydrogen) atoms. The van der Waals surface area contributed by atoms with Crippen LogP contribution in [0.5, 0.6) is 0 Å². The van der Waals surface area contributed by atoms with E-state index in [1.54, 1.807) is 0 Å². The van der Waals surface area contributed by atoms with Crippen molar-refractivity contribution in [3.8, 4) is 0 Å². The summed E-state index contributed by atoms with van der Waals surface area (Å²) in [7, 11) is 4.31. The van der Waals surface area contributed by atoms with E-state index < -0.39 is 0 Å². The molecule has 0 aromatic rings. The maximum Gasteiger partial charge on any atom is 0.0105 e. The molecule has 3 heteroatoms. The second-order valence-electron chi connectivity index (χ2n) is 4.67. The Morgan fingerprint density at radius 1 is 1.29 bits per heavy atom. The van der Waals surface area contributed by atoms with Gasteiger partial charge in [0.25, 0.3) is 0 Å². The van der Waals surface area contributed by atoms with Crippen LogP contribution in [0.3, 0.4) is 0 Å². The van der Waals surface area contributed by atoms with Crippen LogP contribution in [0.1, 0.15) is 19.3 Å². The van der Waals surface area contributed by atoms with E-state index in [0.29, 0.717) is 0 Å². The zero-order valence-electron chi connectivity index (χ0n) is 9.71. The van der Waals surface area contributed by atoms with E-state index in [2.05, 4.69) is 23.9 Å². The lowest BCUT2D eigenvalue weighted by Crippen LogP contribution is -2.37. The summed E-state index contributed by atoms with van der Waals surface area (Å²) in [5, 5.41) is 0. The van der Waals surface area contributed by atoms with Crippen LogP contribution in [0.15, 0.2) is 0 Å². The molecule has 0 radical (unpaired) electrons. The van der Waals surface area contributed by atoms with E-state index in [0.717, 1.165) is 19.0 Å². The number of nitrogens with zero attached hydrogens (tertiary/aromatic N) is 2. The number of nitrogens with two attached hydrogens (primary N) is 1. The third-order valence-electron chi connectivity index (χ3n) is 3.14. The number of hydrogen-bond donors (Lipinski definition) is 1. The second-order valence-corrected chi connectivity index (χ2v) is 4.67. The fourth-order valence-corrected chi connectivity index (χ4v) is 2.12. The monoisotopic (exact) mass is 199 g/mol. The van der Waals surface area contributed by atoms with Crippen LogP contribution < -0.4 is 5.73 Å². The van der Waals surface area contributed by atoms with Crippen molar-refractivity contribution in [2.75, 3.05) is 46.8 Å². The molecule has 1 heterocycles. The van der Waals surface area contributed by atoms with Gasteiger partial charge in [0.1, 0.15) is 0 Å². The number of piperidine rings is 1. The molecule has 0 aromatic heterocycles. The second kappa shape index (κ2) is 6.38. The largest absolute Gasteiger partial charge is 0.329 e. The summed E-state index contributed by atoms with van der Waals surface area (Å²) in [6, 6.07) is 0. The molecular formula is C11H25N3. The average molecular weight is 199 g/mol. The Hall–Kier alpha value is -0.120. The molecule has 0 bridgehead atoms. The standard InChI is InChI=1S/C11H25N3/c1-13(2)7-3-11-4-8-14(9-5-11)10-6-12/h11H,3-10,12H2,1-2H3. The molecular weight excluding hydrogens is 174 g/mol. The smallest absolute Gasteiger partial charge is 0.0105 e. The summed E-state index contributed by atoms with van der Waals surface area (Å²) >= 11 is 0. The van der Waals surface area contributed by atoms with Crippen LogP contribution in [0.4, 0.5) is 0 Å². The highest BCUT2D eigenvalue weighted by Gasteiger charge is 2.18. The molecule has 2 N–H and O–H groups in total. The summed E-state index contributed by atoms with van der Waals surface area (Å²) in [6.07, 6.45) is 4.10. The first-order valence-electron chi connectivity index (χ1n) is 5.79. The quantitative estimate of drug-likeness (QED) is 0.704. The Morgan fingerprint density at radius 3 is 2.43 bits per heavy atom. The normalized spacial score (nSPS) is 20.6. The molecule has 0 atom stereocenters. The maximum atomic E-state index is 5.54. The van der Waals surface area contributed by atoms with Crippen LogP contribution in [0, 0.1) is 5.92 Å². The molecule has 0 aliphatic carbocycles. The topological polar surface area (TPSA) is 32.5 Å². The minimum atomic E-state index is 0.808. The minimum Gasteiger partial charge on any atom is -0.329 e. The molecule has 0 unspecified atom stereocenters. The number of rotatable bonds is 5. The average Bonchev–Trinajstić information content (AvgIpc) is 2.17. The van der Waals surface area contributed by atoms with Crippen molar-refractivity contribution in [1.82, 2.24) is 9.80 Å². The van der Waals surface area contributed by atoms with E-state index in [-0.39, 0.29) is 0 Å². The van der Waals surface area contributed by atoms with Gasteiger partial charge in [-0.1, -0.05) is 0 Å². The summed E-state index contributed by atoms with van der Waals surface area (Å²) in [5.74, 6) is 0.950. The van der Waals surface area contributed by atoms with Crippen molar-refractivity contribution >= 4 is 0 Å². The van der Waals surface area contributed by atoms with Gasteiger partial charge in [0.15, 0.2) is 0 Å². The van der Waals surface area contributed by atoms with Crippen LogP contribution in [0.25, 0.3) is 0 Å². The Bertz CT molecular complexity index is 139. The molecule has 1 aliphatic heterocycles. The van der Waals surface area contributed by atoms with Crippen LogP contribution >= 0.6 is 0 Å². The summed E-state index contributed by atoms with van der Waals surface area (Å²) in [5.41, 5.74) is 5.54. The van der Waals surface area contributed by atoms with E-state index in [1.165, 1.54) is 38.9 Å². The van der Waals surface area contributed by atoms with Gasteiger partial charge in [-0.3, -0.25) is 0 Å². The first kappa shape index (κ1) is 12.0. The van der Waals surface area contributed by atoms with Crippen LogP contribution in [0.2, 0.25) is 0 Å². The van der Waals surface area contributed by atoms with Gasteiger partial charge in [-0.15, -0.1) is 0 Å². The Balaban J connectivity index is 2.09. The van der Waals surface area contributed by atoms with E-state index in [9.17, 15) is 0 Å². The van der Waals surface area contributed by atoms with Crippen molar-refractivity contribution in [1.29, 1.82) is 0 Å². The molecule has 0 amide bonds. The lowest BCUT2D eigenvalue weighted by molar-refractivity contribution is 0.176. The van der Waals surface area contributed by atoms with Crippen molar-refractivity contribution < 1.29 is 0 Å². The van der Waals surface area contributed by atoms with Gasteiger partial charge in [0.05, 0.1) is 0 Å². The van der Waals surface area contributed by atoms with E-state index >= 15 is 0 Å². The lowest BCUT2D eigenvalue weighted by Gasteiger charge is -2.32. The highest BCUT2D eigenvalue weighted by atomic mass is 15.1. The highest BCUT2D eigenvalue weighted by molar-refractivity contribution is 4.72. The van der Waals surface area contributed by atoms with E-state index in [1.807, 2.05) is 0 Å². The minimum absolute atomic E-state index is 0.808. The van der Waals surface area contributed by atoms with Crippen molar-refractivity contribution in [3.63, 3.8) is 0 Å². The van der Waals surface area contributed by atoms with Gasteiger partial charge in [-0.05, 0) is 58.9 Å². The Morgan fingerprint density at radius 2 is 1.93 bits per heavy atom. The Labute approximate surface area is 88.2 Å². The van der Waals surface area contributed by atoms with Gasteiger partial charge in [0.2, 0.25) is 0 Å². The van der Waals surface area contributed by atoms with E-state index in [4.69, 9.17) is 5.73 Å². The molecule has 84 valence electrons. The predicted molar refractivity (Wildman–Crippen MR) is 61.4 cm³/mol. The Kier molecular flexibility index (Phi) is 5.45. The molecule has 0 aromatic carbocycles. The summed E-state index contributed by atoms with van der Waals surface area (Å²) in [4.78, 5) is 4.78. The number of likely N-dealkylation sites (tertiary alicyclic amines) is 1. The van der Waals surface area contributed by atoms with Crippen molar-refractivity contribution in [3.05, 3.63) is 0 Å². The fourth-order valence-electron chi connectivity index (χ4n) is 2.12. The zero-order chi connectivity index (χ0) is 10.4. The zero-order valence-corrected chi connectivity index (χ0v) is 9.71. The highest BCUT2D eigenvalue weighted by Crippen LogP contribution is 2.19. The lowest BCUT2D eigenvalue weighted by atomic mass is 9.93. The first-order valence-corrected chi connectivity index (χ1v) is 5.79. The number of hydrogen-bond acceptors (Lipinski definition) is 3. The van der Waals surface area contributed by atoms with Crippen molar-refractivity contribution in [2.24, 2.45) is 11.7 Å². The molecule has 0 spiro atoms. The fraction of sp³-hybridized carbons (Fsp3) is 1.00. The maximum absolute atomic E-state index is 5.54. The van der Waals surface area contributed by atoms with Gasteiger partial charge < -0.3 is 15.5 Å². The summed E-state index contributed by atoms with van der Waals surface area (Å²) in [6.45, 7) is 5.65. The SMILES string of the molecule is CN(C)CCC1CCN(CCN)CC1. The van der Waals surface area contributed by atoms with Crippen LogP contribution in [-0.2, 0) is 0 Å². The van der Waals surface area contributed by atoms with Gasteiger partial charge in [-0.25, -0.2) is 0 Å². The molecule has 1 aliphatic rings. The molecule has 0 saturated carbocycles. The third kappa shape index (κ3) is 4.40. The van der Waals surface area contributed by atoms with Gasteiger partial charge in [0, 0.05) is 13.1 Å². The summed E-state index contributed by atoms with van der Waals surface area (Å²) < 4.78 is 0. The molecule has 1 saturated heterocycles. The van der Waals surface area contributed by atoms with Gasteiger partial charge >= 0.3 is 0 Å². The molecule has 1 rings (SSSR count). The predicted octanol–water partition coefficient (Wildman–Crippen LogP) is 0.609. The third-order valence-corrected chi connectivity index (χ3v) is 3.14. The molecule has 3 nitrogen and oxygen atoms in total. The van der Waals surface area contributed by atoms with Crippen molar-refractivity contribution in [2.45, 2.75) is 19.3 Å². The van der Waals surface area contributed by atoms with Crippen LogP contribution in [-0.4, -0.2) is 56.6 Å². The first-order chi connectivity index (χ1) is 6.72. The molecule has 1 fully saturated rings. The van der Waals surface area contributed by atoms with Gasteiger partial charge in [-0.2, -0.15) is 0 Å².